The largest absolute Gasteiger partial charge is 0.340 e. The molecule has 9 nitrogen and oxygen atoms in total. The predicted octanol–water partition coefficient (Wildman–Crippen LogP) is 3.09. The summed E-state index contributed by atoms with van der Waals surface area (Å²) < 4.78 is 0. The smallest absolute Gasteiger partial charge is 0.273 e. The number of nitrogens with one attached hydrogen (secondary N) is 1. The lowest BCUT2D eigenvalue weighted by Crippen LogP contribution is -2.34. The molecule has 1 atom stereocenters. The Kier molecular flexibility index (Phi) is 7.55. The first-order valence-corrected chi connectivity index (χ1v) is 11.8. The number of likely N-dealkylation sites (tertiary alicyclic amines) is 1. The number of piperidine rings is 1. The van der Waals surface area contributed by atoms with Crippen LogP contribution in [0.1, 0.15) is 40.5 Å². The van der Waals surface area contributed by atoms with E-state index >= 15 is 0 Å². The summed E-state index contributed by atoms with van der Waals surface area (Å²) >= 11 is 1.35. The van der Waals surface area contributed by atoms with Gasteiger partial charge in [0.2, 0.25) is 5.95 Å². The number of hydrogen-bond donors (Lipinski definition) is 1. The number of amides is 1. The number of pyridine rings is 1. The third-order valence-electron chi connectivity index (χ3n) is 5.67. The molecule has 3 aromatic heterocycles. The highest BCUT2D eigenvalue weighted by atomic mass is 32.1. The Hall–Kier alpha value is -3.42. The van der Waals surface area contributed by atoms with E-state index in [2.05, 4.69) is 36.2 Å². The standard InChI is InChI=1S/C23H26N8OS/c1-30(13-7-17-4-9-25-10-5-17)21(32)20-16-33-23(28-20)29-22-26-11-6-19(27-22)18-3-2-12-31(15-18)14-8-24/h4-6,9-11,16,18H,2-3,7,12-15H2,1H3,(H,26,27,28,29). The minimum atomic E-state index is -0.122. The molecule has 1 unspecified atom stereocenters. The summed E-state index contributed by atoms with van der Waals surface area (Å²) in [5.74, 6) is 0.616. The van der Waals surface area contributed by atoms with Gasteiger partial charge in [0.25, 0.3) is 5.91 Å². The van der Waals surface area contributed by atoms with Gasteiger partial charge in [0.15, 0.2) is 5.13 Å². The number of likely N-dealkylation sites (N-methyl/N-ethyl adjacent to an activating group) is 1. The summed E-state index contributed by atoms with van der Waals surface area (Å²) in [4.78, 5) is 34.0. The lowest BCUT2D eigenvalue weighted by molar-refractivity contribution is 0.0792. The van der Waals surface area contributed by atoms with Gasteiger partial charge >= 0.3 is 0 Å². The second-order valence-electron chi connectivity index (χ2n) is 8.03. The Labute approximate surface area is 197 Å². The van der Waals surface area contributed by atoms with Gasteiger partial charge in [-0.15, -0.1) is 11.3 Å². The van der Waals surface area contributed by atoms with Crippen molar-refractivity contribution < 1.29 is 4.79 Å². The van der Waals surface area contributed by atoms with E-state index in [-0.39, 0.29) is 11.8 Å². The summed E-state index contributed by atoms with van der Waals surface area (Å²) in [6.45, 7) is 2.82. The third-order valence-corrected chi connectivity index (χ3v) is 6.43. The molecule has 0 radical (unpaired) electrons. The molecule has 1 aliphatic heterocycles. The third kappa shape index (κ3) is 6.09. The van der Waals surface area contributed by atoms with Crippen LogP contribution in [0.2, 0.25) is 0 Å². The monoisotopic (exact) mass is 462 g/mol. The van der Waals surface area contributed by atoms with Crippen LogP contribution in [-0.2, 0) is 6.42 Å². The number of nitrogens with zero attached hydrogens (tertiary/aromatic N) is 7. The van der Waals surface area contributed by atoms with E-state index in [1.807, 2.05) is 18.2 Å². The van der Waals surface area contributed by atoms with Crippen LogP contribution < -0.4 is 5.32 Å². The van der Waals surface area contributed by atoms with Gasteiger partial charge in [0.05, 0.1) is 18.3 Å². The van der Waals surface area contributed by atoms with Gasteiger partial charge < -0.3 is 10.2 Å². The Morgan fingerprint density at radius 1 is 1.30 bits per heavy atom. The van der Waals surface area contributed by atoms with Crippen LogP contribution in [0.4, 0.5) is 11.1 Å². The van der Waals surface area contributed by atoms with Gasteiger partial charge in [0, 0.05) is 50.0 Å². The first kappa shape index (κ1) is 22.8. The van der Waals surface area contributed by atoms with Crippen LogP contribution >= 0.6 is 11.3 Å². The van der Waals surface area contributed by atoms with E-state index in [4.69, 9.17) is 5.26 Å². The molecule has 170 valence electrons. The quantitative estimate of drug-likeness (QED) is 0.509. The molecule has 0 bridgehead atoms. The molecule has 1 aliphatic rings. The molecule has 1 N–H and O–H groups in total. The number of thiazole rings is 1. The number of rotatable bonds is 8. The molecular formula is C23H26N8OS. The SMILES string of the molecule is CN(CCc1ccncc1)C(=O)c1csc(Nc2nccc(C3CCCN(CC#N)C3)n2)n1. The molecule has 4 rings (SSSR count). The van der Waals surface area contributed by atoms with E-state index in [1.54, 1.807) is 35.9 Å². The maximum atomic E-state index is 12.7. The molecule has 1 amide bonds. The van der Waals surface area contributed by atoms with E-state index in [0.29, 0.717) is 29.9 Å². The predicted molar refractivity (Wildman–Crippen MR) is 126 cm³/mol. The van der Waals surface area contributed by atoms with Crippen molar-refractivity contribution in [1.29, 1.82) is 5.26 Å². The van der Waals surface area contributed by atoms with Crippen molar-refractivity contribution in [3.05, 3.63) is 59.1 Å². The average Bonchev–Trinajstić information content (AvgIpc) is 3.31. The van der Waals surface area contributed by atoms with Gasteiger partial charge in [-0.1, -0.05) is 0 Å². The van der Waals surface area contributed by atoms with Crippen LogP contribution in [0.25, 0.3) is 0 Å². The van der Waals surface area contributed by atoms with Crippen molar-refractivity contribution in [3.63, 3.8) is 0 Å². The highest BCUT2D eigenvalue weighted by Crippen LogP contribution is 2.26. The molecule has 0 aromatic carbocycles. The molecule has 1 fully saturated rings. The maximum absolute atomic E-state index is 12.7. The van der Waals surface area contributed by atoms with Crippen molar-refractivity contribution in [1.82, 2.24) is 29.7 Å². The molecule has 3 aromatic rings. The van der Waals surface area contributed by atoms with Crippen LogP contribution in [0.5, 0.6) is 0 Å². The van der Waals surface area contributed by atoms with Gasteiger partial charge in [-0.25, -0.2) is 15.0 Å². The Balaban J connectivity index is 1.36. The summed E-state index contributed by atoms with van der Waals surface area (Å²) in [5, 5.41) is 14.4. The average molecular weight is 463 g/mol. The topological polar surface area (TPSA) is 111 Å². The molecule has 0 spiro atoms. The summed E-state index contributed by atoms with van der Waals surface area (Å²) in [6.07, 6.45) is 8.09. The van der Waals surface area contributed by atoms with Crippen molar-refractivity contribution in [3.8, 4) is 6.07 Å². The summed E-state index contributed by atoms with van der Waals surface area (Å²) in [7, 11) is 1.78. The number of carbonyl (C=O) groups excluding carboxylic acids is 1. The number of nitriles is 1. The fourth-order valence-corrected chi connectivity index (χ4v) is 4.55. The van der Waals surface area contributed by atoms with Gasteiger partial charge in [-0.3, -0.25) is 14.7 Å². The second-order valence-corrected chi connectivity index (χ2v) is 8.89. The fraction of sp³-hybridized carbons (Fsp3) is 0.391. The highest BCUT2D eigenvalue weighted by molar-refractivity contribution is 7.14. The minimum Gasteiger partial charge on any atom is -0.340 e. The normalized spacial score (nSPS) is 16.2. The number of anilines is 2. The fourth-order valence-electron chi connectivity index (χ4n) is 3.87. The highest BCUT2D eigenvalue weighted by Gasteiger charge is 2.23. The van der Waals surface area contributed by atoms with Crippen molar-refractivity contribution in [2.75, 3.05) is 38.5 Å². The molecule has 0 aliphatic carbocycles. The summed E-state index contributed by atoms with van der Waals surface area (Å²) in [5.41, 5.74) is 2.49. The molecular weight excluding hydrogens is 436 g/mol. The lowest BCUT2D eigenvalue weighted by atomic mass is 9.94. The van der Waals surface area contributed by atoms with E-state index < -0.39 is 0 Å². The van der Waals surface area contributed by atoms with Gasteiger partial charge in [0.1, 0.15) is 5.69 Å². The first-order chi connectivity index (χ1) is 16.1. The second kappa shape index (κ2) is 10.9. The number of carbonyl (C=O) groups is 1. The maximum Gasteiger partial charge on any atom is 0.273 e. The van der Waals surface area contributed by atoms with Crippen molar-refractivity contribution >= 4 is 28.3 Å². The van der Waals surface area contributed by atoms with Crippen molar-refractivity contribution in [2.24, 2.45) is 0 Å². The zero-order valence-electron chi connectivity index (χ0n) is 18.5. The van der Waals surface area contributed by atoms with E-state index in [9.17, 15) is 4.79 Å². The van der Waals surface area contributed by atoms with E-state index in [0.717, 1.165) is 43.6 Å². The molecule has 1 saturated heterocycles. The molecule has 4 heterocycles. The number of hydrogen-bond acceptors (Lipinski definition) is 9. The lowest BCUT2D eigenvalue weighted by Gasteiger charge is -2.30. The molecule has 10 heteroatoms. The zero-order valence-corrected chi connectivity index (χ0v) is 19.3. The molecule has 33 heavy (non-hydrogen) atoms. The van der Waals surface area contributed by atoms with Gasteiger partial charge in [-0.2, -0.15) is 5.26 Å². The van der Waals surface area contributed by atoms with E-state index in [1.165, 1.54) is 11.3 Å². The van der Waals surface area contributed by atoms with Crippen molar-refractivity contribution in [2.45, 2.75) is 25.2 Å². The summed E-state index contributed by atoms with van der Waals surface area (Å²) in [6, 6.07) is 8.06. The van der Waals surface area contributed by atoms with Crippen LogP contribution in [0, 0.1) is 11.3 Å². The Morgan fingerprint density at radius 3 is 2.97 bits per heavy atom. The van der Waals surface area contributed by atoms with Crippen LogP contribution in [-0.4, -0.2) is 68.9 Å². The van der Waals surface area contributed by atoms with Crippen LogP contribution in [0.15, 0.2) is 42.2 Å². The Bertz CT molecular complexity index is 1110. The minimum absolute atomic E-state index is 0.122. The van der Waals surface area contributed by atoms with Gasteiger partial charge in [-0.05, 0) is 49.6 Å². The molecule has 0 saturated carbocycles. The number of aromatic nitrogens is 4. The Morgan fingerprint density at radius 2 is 2.15 bits per heavy atom. The first-order valence-electron chi connectivity index (χ1n) is 10.9. The zero-order chi connectivity index (χ0) is 23.0. The van der Waals surface area contributed by atoms with Crippen LogP contribution in [0.3, 0.4) is 0 Å².